The number of imidazole rings is 1. The van der Waals surface area contributed by atoms with Crippen molar-refractivity contribution in [1.82, 2.24) is 15.0 Å². The summed E-state index contributed by atoms with van der Waals surface area (Å²) < 4.78 is 5.35. The van der Waals surface area contributed by atoms with Crippen LogP contribution in [0, 0.1) is 0 Å². The summed E-state index contributed by atoms with van der Waals surface area (Å²) in [6.07, 6.45) is 5.21. The lowest BCUT2D eigenvalue weighted by molar-refractivity contribution is 0.415. The van der Waals surface area contributed by atoms with E-state index in [1.165, 1.54) is 0 Å². The van der Waals surface area contributed by atoms with Crippen LogP contribution in [-0.4, -0.2) is 34.9 Å². The Labute approximate surface area is 170 Å². The fourth-order valence-corrected chi connectivity index (χ4v) is 2.73. The number of ether oxygens (including phenoxy) is 1. The zero-order valence-corrected chi connectivity index (χ0v) is 17.6. The number of benzene rings is 1. The maximum Gasteiger partial charge on any atom is 0.138 e. The van der Waals surface area contributed by atoms with Gasteiger partial charge in [0.25, 0.3) is 0 Å². The number of H-pyrrole nitrogens is 1. The van der Waals surface area contributed by atoms with E-state index in [0.29, 0.717) is 17.3 Å². The van der Waals surface area contributed by atoms with Gasteiger partial charge in [0.05, 0.1) is 23.5 Å². The van der Waals surface area contributed by atoms with Gasteiger partial charge in [-0.15, -0.1) is 0 Å². The molecule has 1 aromatic carbocycles. The molecule has 0 bridgehead atoms. The highest BCUT2D eigenvalue weighted by atomic mass is 35.5. The molecule has 0 fully saturated rings. The Morgan fingerprint density at radius 3 is 2.41 bits per heavy atom. The maximum absolute atomic E-state index is 6.16. The molecule has 3 rings (SSSR count). The molecule has 0 saturated heterocycles. The standard InChI is InChI=1S/C19H21ClN4O.CH4S/c1-19(2,11-21)18-23-16(12-6-8-22-9-7-12)17(24-18)13-4-5-14(20)15(10-13)25-3;1-2/h4-10H,11,21H2,1-3H3,(H,23,24);2H,1H3. The highest BCUT2D eigenvalue weighted by Gasteiger charge is 2.25. The Kier molecular flexibility index (Phi) is 7.30. The van der Waals surface area contributed by atoms with Crippen LogP contribution >= 0.6 is 24.2 Å². The van der Waals surface area contributed by atoms with Gasteiger partial charge in [0.1, 0.15) is 11.6 Å². The topological polar surface area (TPSA) is 76.8 Å². The van der Waals surface area contributed by atoms with Crippen molar-refractivity contribution in [3.05, 3.63) is 53.6 Å². The predicted octanol–water partition coefficient (Wildman–Crippen LogP) is 4.58. The molecule has 144 valence electrons. The highest BCUT2D eigenvalue weighted by Crippen LogP contribution is 2.36. The smallest absolute Gasteiger partial charge is 0.138 e. The second-order valence-electron chi connectivity index (χ2n) is 6.48. The van der Waals surface area contributed by atoms with Crippen LogP contribution in [0.3, 0.4) is 0 Å². The Hall–Kier alpha value is -2.02. The lowest BCUT2D eigenvalue weighted by Crippen LogP contribution is -2.29. The van der Waals surface area contributed by atoms with Crippen LogP contribution in [0.1, 0.15) is 19.7 Å². The quantitative estimate of drug-likeness (QED) is 0.544. The van der Waals surface area contributed by atoms with Crippen molar-refractivity contribution < 1.29 is 4.74 Å². The summed E-state index contributed by atoms with van der Waals surface area (Å²) in [5, 5.41) is 0.565. The van der Waals surface area contributed by atoms with E-state index in [1.54, 1.807) is 25.8 Å². The number of nitrogens with two attached hydrogens (primary N) is 1. The number of aromatic amines is 1. The van der Waals surface area contributed by atoms with Gasteiger partial charge in [0.2, 0.25) is 0 Å². The van der Waals surface area contributed by atoms with E-state index >= 15 is 0 Å². The molecule has 0 radical (unpaired) electrons. The van der Waals surface area contributed by atoms with Gasteiger partial charge in [0, 0.05) is 35.5 Å². The van der Waals surface area contributed by atoms with E-state index in [-0.39, 0.29) is 5.41 Å². The largest absolute Gasteiger partial charge is 0.495 e. The van der Waals surface area contributed by atoms with E-state index < -0.39 is 0 Å². The molecule has 3 N–H and O–H groups in total. The van der Waals surface area contributed by atoms with Crippen LogP contribution in [-0.2, 0) is 5.41 Å². The minimum atomic E-state index is -0.267. The first kappa shape index (κ1) is 21.3. The first-order valence-electron chi connectivity index (χ1n) is 8.46. The van der Waals surface area contributed by atoms with Gasteiger partial charge >= 0.3 is 0 Å². The van der Waals surface area contributed by atoms with E-state index in [0.717, 1.165) is 28.3 Å². The number of pyridine rings is 1. The number of hydrogen-bond acceptors (Lipinski definition) is 5. The summed E-state index contributed by atoms with van der Waals surface area (Å²) in [7, 11) is 1.60. The molecule has 27 heavy (non-hydrogen) atoms. The second-order valence-corrected chi connectivity index (χ2v) is 6.89. The Morgan fingerprint density at radius 1 is 1.15 bits per heavy atom. The molecule has 2 heterocycles. The van der Waals surface area contributed by atoms with E-state index in [1.807, 2.05) is 30.3 Å². The fourth-order valence-electron chi connectivity index (χ4n) is 2.53. The van der Waals surface area contributed by atoms with E-state index in [2.05, 4.69) is 36.4 Å². The summed E-state index contributed by atoms with van der Waals surface area (Å²) in [6.45, 7) is 4.61. The van der Waals surface area contributed by atoms with Crippen molar-refractivity contribution in [2.24, 2.45) is 5.73 Å². The molecule has 5 nitrogen and oxygen atoms in total. The highest BCUT2D eigenvalue weighted by molar-refractivity contribution is 7.79. The molecule has 0 spiro atoms. The van der Waals surface area contributed by atoms with Crippen LogP contribution in [0.15, 0.2) is 42.7 Å². The number of rotatable bonds is 5. The Bertz CT molecular complexity index is 881. The third-order valence-corrected chi connectivity index (χ3v) is 4.56. The van der Waals surface area contributed by atoms with Crippen molar-refractivity contribution >= 4 is 24.2 Å². The van der Waals surface area contributed by atoms with Crippen LogP contribution in [0.25, 0.3) is 22.5 Å². The first-order valence-corrected chi connectivity index (χ1v) is 9.73. The number of halogens is 1. The van der Waals surface area contributed by atoms with Gasteiger partial charge in [-0.2, -0.15) is 12.6 Å². The summed E-state index contributed by atoms with van der Waals surface area (Å²) in [4.78, 5) is 12.4. The molecule has 2 aromatic heterocycles. The lowest BCUT2D eigenvalue weighted by atomic mass is 9.93. The molecule has 0 unspecified atom stereocenters. The first-order chi connectivity index (χ1) is 13.0. The molecule has 3 aromatic rings. The third-order valence-electron chi connectivity index (χ3n) is 4.25. The van der Waals surface area contributed by atoms with Crippen molar-refractivity contribution in [2.45, 2.75) is 19.3 Å². The second kappa shape index (κ2) is 9.26. The normalized spacial score (nSPS) is 10.9. The fraction of sp³-hybridized carbons (Fsp3) is 0.300. The zero-order chi connectivity index (χ0) is 20.0. The SMILES string of the molecule is COc1cc(-c2nc(C(C)(C)CN)[nH]c2-c2ccncc2)ccc1Cl.CS. The molecular weight excluding hydrogens is 380 g/mol. The number of methoxy groups -OCH3 is 1. The average molecular weight is 405 g/mol. The van der Waals surface area contributed by atoms with E-state index in [9.17, 15) is 0 Å². The molecule has 0 aliphatic carbocycles. The maximum atomic E-state index is 6.16. The monoisotopic (exact) mass is 404 g/mol. The van der Waals surface area contributed by atoms with Crippen LogP contribution in [0.5, 0.6) is 5.75 Å². The van der Waals surface area contributed by atoms with Crippen molar-refractivity contribution in [3.63, 3.8) is 0 Å². The molecule has 7 heteroatoms. The number of nitrogens with one attached hydrogen (secondary N) is 1. The van der Waals surface area contributed by atoms with Gasteiger partial charge in [-0.1, -0.05) is 31.5 Å². The Balaban J connectivity index is 0.00000126. The minimum Gasteiger partial charge on any atom is -0.495 e. The van der Waals surface area contributed by atoms with E-state index in [4.69, 9.17) is 27.1 Å². The Morgan fingerprint density at radius 2 is 1.81 bits per heavy atom. The van der Waals surface area contributed by atoms with Gasteiger partial charge in [-0.25, -0.2) is 4.98 Å². The van der Waals surface area contributed by atoms with Gasteiger partial charge in [0.15, 0.2) is 0 Å². The van der Waals surface area contributed by atoms with Crippen LogP contribution < -0.4 is 10.5 Å². The van der Waals surface area contributed by atoms with Crippen molar-refractivity contribution in [2.75, 3.05) is 19.9 Å². The summed E-state index contributed by atoms with van der Waals surface area (Å²) >= 11 is 9.69. The number of aromatic nitrogens is 3. The van der Waals surface area contributed by atoms with Crippen LogP contribution in [0.2, 0.25) is 5.02 Å². The van der Waals surface area contributed by atoms with Crippen molar-refractivity contribution in [1.29, 1.82) is 0 Å². The van der Waals surface area contributed by atoms with Crippen molar-refractivity contribution in [3.8, 4) is 28.3 Å². The van der Waals surface area contributed by atoms with Gasteiger partial charge < -0.3 is 15.5 Å². The van der Waals surface area contributed by atoms with Gasteiger partial charge in [-0.3, -0.25) is 4.98 Å². The molecule has 0 saturated carbocycles. The molecule has 0 aliphatic rings. The summed E-state index contributed by atoms with van der Waals surface area (Å²) in [5.41, 5.74) is 9.34. The zero-order valence-electron chi connectivity index (χ0n) is 16.0. The number of thiol groups is 1. The summed E-state index contributed by atoms with van der Waals surface area (Å²) in [6, 6.07) is 9.54. The minimum absolute atomic E-state index is 0.267. The number of nitrogens with zero attached hydrogens (tertiary/aromatic N) is 2. The molecule has 0 aliphatic heterocycles. The van der Waals surface area contributed by atoms with Gasteiger partial charge in [-0.05, 0) is 30.5 Å². The predicted molar refractivity (Wildman–Crippen MR) is 116 cm³/mol. The number of hydrogen-bond donors (Lipinski definition) is 3. The third kappa shape index (κ3) is 4.64. The lowest BCUT2D eigenvalue weighted by Gasteiger charge is -2.18. The molecule has 0 atom stereocenters. The molecule has 0 amide bonds. The average Bonchev–Trinajstić information content (AvgIpc) is 3.17. The summed E-state index contributed by atoms with van der Waals surface area (Å²) in [5.74, 6) is 1.45. The van der Waals surface area contributed by atoms with Crippen LogP contribution in [0.4, 0.5) is 0 Å². The molecular formula is C20H25ClN4OS.